The average Bonchev–Trinajstić information content (AvgIpc) is 1.95. The van der Waals surface area contributed by atoms with Crippen molar-refractivity contribution in [2.75, 3.05) is 12.3 Å². The smallest absolute Gasteiger partial charge is 0.211 e. The first-order valence-electron chi connectivity index (χ1n) is 4.55. The molecule has 4 heteroatoms. The SMILES string of the molecule is CCS(=O)(=O)[N]CCC1CCC1. The van der Waals surface area contributed by atoms with E-state index in [1.165, 1.54) is 19.3 Å². The van der Waals surface area contributed by atoms with E-state index in [4.69, 9.17) is 0 Å². The molecular weight excluding hydrogens is 174 g/mol. The fourth-order valence-electron chi connectivity index (χ4n) is 1.25. The Balaban J connectivity index is 2.08. The normalized spacial score (nSPS) is 19.1. The lowest BCUT2D eigenvalue weighted by Gasteiger charge is -2.24. The average molecular weight is 190 g/mol. The monoisotopic (exact) mass is 190 g/mol. The van der Waals surface area contributed by atoms with Gasteiger partial charge in [0.2, 0.25) is 10.0 Å². The molecule has 0 spiro atoms. The van der Waals surface area contributed by atoms with Gasteiger partial charge in [0.15, 0.2) is 0 Å². The van der Waals surface area contributed by atoms with E-state index in [1.54, 1.807) is 6.92 Å². The van der Waals surface area contributed by atoms with Crippen LogP contribution in [-0.2, 0) is 10.0 Å². The summed E-state index contributed by atoms with van der Waals surface area (Å²) in [6.07, 6.45) is 4.80. The molecule has 0 unspecified atom stereocenters. The van der Waals surface area contributed by atoms with Gasteiger partial charge in [0, 0.05) is 6.54 Å². The van der Waals surface area contributed by atoms with Gasteiger partial charge in [0.05, 0.1) is 5.75 Å². The topological polar surface area (TPSA) is 48.2 Å². The maximum absolute atomic E-state index is 10.9. The lowest BCUT2D eigenvalue weighted by atomic mass is 9.83. The lowest BCUT2D eigenvalue weighted by Crippen LogP contribution is -2.22. The molecule has 1 fully saturated rings. The Morgan fingerprint density at radius 2 is 2.08 bits per heavy atom. The third-order valence-corrected chi connectivity index (χ3v) is 3.72. The summed E-state index contributed by atoms with van der Waals surface area (Å²) in [5.41, 5.74) is 0. The van der Waals surface area contributed by atoms with Crippen molar-refractivity contribution in [3.8, 4) is 0 Å². The van der Waals surface area contributed by atoms with Crippen LogP contribution >= 0.6 is 0 Å². The fourth-order valence-corrected chi connectivity index (χ4v) is 1.81. The van der Waals surface area contributed by atoms with Crippen molar-refractivity contribution in [2.24, 2.45) is 5.92 Å². The van der Waals surface area contributed by atoms with Crippen molar-refractivity contribution in [2.45, 2.75) is 32.6 Å². The van der Waals surface area contributed by atoms with Crippen molar-refractivity contribution in [1.82, 2.24) is 4.72 Å². The molecule has 0 saturated heterocycles. The van der Waals surface area contributed by atoms with Crippen LogP contribution in [0.4, 0.5) is 0 Å². The van der Waals surface area contributed by atoms with Crippen LogP contribution in [0, 0.1) is 5.92 Å². The van der Waals surface area contributed by atoms with Crippen LogP contribution in [0.2, 0.25) is 0 Å². The van der Waals surface area contributed by atoms with Crippen molar-refractivity contribution in [3.05, 3.63) is 0 Å². The lowest BCUT2D eigenvalue weighted by molar-refractivity contribution is 0.297. The first kappa shape index (κ1) is 9.99. The summed E-state index contributed by atoms with van der Waals surface area (Å²) in [5, 5.41) is 0. The van der Waals surface area contributed by atoms with Crippen molar-refractivity contribution in [1.29, 1.82) is 0 Å². The number of hydrogen-bond donors (Lipinski definition) is 0. The third-order valence-electron chi connectivity index (χ3n) is 2.41. The third kappa shape index (κ3) is 3.11. The minimum absolute atomic E-state index is 0.137. The van der Waals surface area contributed by atoms with E-state index in [1.807, 2.05) is 0 Å². The second-order valence-corrected chi connectivity index (χ2v) is 5.31. The first-order valence-corrected chi connectivity index (χ1v) is 6.16. The number of hydrogen-bond acceptors (Lipinski definition) is 2. The van der Waals surface area contributed by atoms with Crippen LogP contribution in [0.15, 0.2) is 0 Å². The predicted molar refractivity (Wildman–Crippen MR) is 48.4 cm³/mol. The van der Waals surface area contributed by atoms with Gasteiger partial charge < -0.3 is 0 Å². The van der Waals surface area contributed by atoms with Gasteiger partial charge in [-0.1, -0.05) is 19.3 Å². The summed E-state index contributed by atoms with van der Waals surface area (Å²) < 4.78 is 25.5. The van der Waals surface area contributed by atoms with Crippen molar-refractivity contribution < 1.29 is 8.42 Å². The van der Waals surface area contributed by atoms with E-state index in [0.29, 0.717) is 6.54 Å². The molecule has 0 N–H and O–H groups in total. The summed E-state index contributed by atoms with van der Waals surface area (Å²) in [4.78, 5) is 0. The highest BCUT2D eigenvalue weighted by atomic mass is 32.2. The Hall–Kier alpha value is -0.0900. The van der Waals surface area contributed by atoms with Crippen LogP contribution in [-0.4, -0.2) is 20.7 Å². The minimum atomic E-state index is -3.07. The summed E-state index contributed by atoms with van der Waals surface area (Å²) >= 11 is 0. The summed E-state index contributed by atoms with van der Waals surface area (Å²) in [6, 6.07) is 0. The Morgan fingerprint density at radius 3 is 2.50 bits per heavy atom. The molecule has 0 aromatic carbocycles. The Kier molecular flexibility index (Phi) is 3.53. The molecular formula is C8H16NO2S. The first-order chi connectivity index (χ1) is 5.64. The molecule has 1 aliphatic rings. The number of rotatable bonds is 5. The number of sulfonamides is 1. The van der Waals surface area contributed by atoms with Crippen LogP contribution in [0.3, 0.4) is 0 Å². The summed E-state index contributed by atoms with van der Waals surface area (Å²) in [7, 11) is -3.07. The largest absolute Gasteiger partial charge is 0.227 e. The minimum Gasteiger partial charge on any atom is -0.211 e. The molecule has 1 rings (SSSR count). The van der Waals surface area contributed by atoms with E-state index >= 15 is 0 Å². The van der Waals surface area contributed by atoms with Crippen LogP contribution in [0.5, 0.6) is 0 Å². The second-order valence-electron chi connectivity index (χ2n) is 3.31. The van der Waals surface area contributed by atoms with Gasteiger partial charge in [-0.2, -0.15) is 0 Å². The Labute approximate surface area is 74.6 Å². The van der Waals surface area contributed by atoms with E-state index in [2.05, 4.69) is 4.72 Å². The highest BCUT2D eigenvalue weighted by Gasteiger charge is 2.18. The molecule has 0 atom stereocenters. The van der Waals surface area contributed by atoms with Crippen LogP contribution in [0.25, 0.3) is 0 Å². The molecule has 0 bridgehead atoms. The Morgan fingerprint density at radius 1 is 1.42 bits per heavy atom. The quantitative estimate of drug-likeness (QED) is 0.652. The molecule has 1 aliphatic carbocycles. The molecule has 12 heavy (non-hydrogen) atoms. The van der Waals surface area contributed by atoms with Gasteiger partial charge in [0.25, 0.3) is 0 Å². The highest BCUT2D eigenvalue weighted by Crippen LogP contribution is 2.28. The van der Waals surface area contributed by atoms with Gasteiger partial charge in [-0.3, -0.25) is 0 Å². The predicted octanol–water partition coefficient (Wildman–Crippen LogP) is 1.13. The fraction of sp³-hybridized carbons (Fsp3) is 1.00. The van der Waals surface area contributed by atoms with Gasteiger partial charge >= 0.3 is 0 Å². The highest BCUT2D eigenvalue weighted by molar-refractivity contribution is 7.89. The standard InChI is InChI=1S/C8H16NO2S/c1-2-12(10,11)9-7-6-8-4-3-5-8/h8H,2-7H2,1H3. The molecule has 0 heterocycles. The summed E-state index contributed by atoms with van der Waals surface area (Å²) in [6.45, 7) is 2.13. The molecule has 0 aromatic heterocycles. The molecule has 3 nitrogen and oxygen atoms in total. The van der Waals surface area contributed by atoms with E-state index < -0.39 is 10.0 Å². The second kappa shape index (κ2) is 4.23. The van der Waals surface area contributed by atoms with Crippen molar-refractivity contribution >= 4 is 10.0 Å². The van der Waals surface area contributed by atoms with Gasteiger partial charge in [-0.15, -0.1) is 4.72 Å². The van der Waals surface area contributed by atoms with Gasteiger partial charge in [0.1, 0.15) is 0 Å². The molecule has 0 amide bonds. The molecule has 71 valence electrons. The van der Waals surface area contributed by atoms with E-state index in [0.717, 1.165) is 12.3 Å². The zero-order valence-electron chi connectivity index (χ0n) is 7.49. The van der Waals surface area contributed by atoms with E-state index in [9.17, 15) is 8.42 Å². The van der Waals surface area contributed by atoms with Gasteiger partial charge in [-0.25, -0.2) is 8.42 Å². The molecule has 1 radical (unpaired) electrons. The molecule has 0 aromatic rings. The molecule has 1 saturated carbocycles. The maximum Gasteiger partial charge on any atom is 0.227 e. The Bertz CT molecular complexity index is 219. The zero-order valence-corrected chi connectivity index (χ0v) is 8.31. The summed E-state index contributed by atoms with van der Waals surface area (Å²) in [5.74, 6) is 0.887. The van der Waals surface area contributed by atoms with Crippen LogP contribution in [0.1, 0.15) is 32.6 Å². The van der Waals surface area contributed by atoms with E-state index in [-0.39, 0.29) is 5.75 Å². The van der Waals surface area contributed by atoms with Gasteiger partial charge in [-0.05, 0) is 19.3 Å². The van der Waals surface area contributed by atoms with Crippen LogP contribution < -0.4 is 4.72 Å². The molecule has 0 aliphatic heterocycles. The zero-order chi connectivity index (χ0) is 9.03. The number of nitrogens with zero attached hydrogens (tertiary/aromatic N) is 1. The van der Waals surface area contributed by atoms with Crippen molar-refractivity contribution in [3.63, 3.8) is 0 Å². The maximum atomic E-state index is 10.9.